The topological polar surface area (TPSA) is 207 Å². The number of amides is 2. The van der Waals surface area contributed by atoms with Crippen LogP contribution in [0.3, 0.4) is 0 Å². The zero-order chi connectivity index (χ0) is 26.8. The van der Waals surface area contributed by atoms with Crippen LogP contribution in [0, 0.1) is 0 Å². The SMILES string of the molecule is O=C(O)C[C@H](NC(=O)c1ccccc1[Se][Se]c1ccccc1C(=O)N[C@@H](CC(=O)O)C(=O)O)C(=O)O. The molecule has 0 aliphatic heterocycles. The van der Waals surface area contributed by atoms with Gasteiger partial charge in [-0.2, -0.15) is 0 Å². The monoisotopic (exact) mass is 632 g/mol. The fourth-order valence-corrected chi connectivity index (χ4v) is 9.88. The van der Waals surface area contributed by atoms with Crippen LogP contribution in [0.15, 0.2) is 48.5 Å². The fourth-order valence-electron chi connectivity index (χ4n) is 2.76. The molecule has 12 nitrogen and oxygen atoms in total. The van der Waals surface area contributed by atoms with Gasteiger partial charge in [-0.1, -0.05) is 0 Å². The maximum atomic E-state index is 12.7. The Hall–Kier alpha value is -3.70. The number of carboxylic acids is 4. The Balaban J connectivity index is 2.20. The summed E-state index contributed by atoms with van der Waals surface area (Å²) in [6.07, 6.45) is -1.58. The third-order valence-corrected chi connectivity index (χ3v) is 11.7. The van der Waals surface area contributed by atoms with E-state index in [1.54, 1.807) is 36.4 Å². The number of benzene rings is 2. The molecule has 0 spiro atoms. The number of carbonyl (C=O) groups excluding carboxylic acids is 2. The van der Waals surface area contributed by atoms with Crippen LogP contribution in [0.25, 0.3) is 0 Å². The first-order valence-corrected chi connectivity index (χ1v) is 16.1. The molecule has 2 aromatic rings. The van der Waals surface area contributed by atoms with Crippen molar-refractivity contribution in [1.29, 1.82) is 0 Å². The van der Waals surface area contributed by atoms with Gasteiger partial charge in [-0.25, -0.2) is 0 Å². The average Bonchev–Trinajstić information content (AvgIpc) is 2.81. The normalized spacial score (nSPS) is 12.1. The summed E-state index contributed by atoms with van der Waals surface area (Å²) in [5.41, 5.74) is 0.343. The van der Waals surface area contributed by atoms with Crippen LogP contribution >= 0.6 is 0 Å². The zero-order valence-electron chi connectivity index (χ0n) is 18.2. The predicted octanol–water partition coefficient (Wildman–Crippen LogP) is -1.72. The number of hydrogen-bond acceptors (Lipinski definition) is 6. The van der Waals surface area contributed by atoms with Gasteiger partial charge in [0.05, 0.1) is 0 Å². The minimum atomic E-state index is -1.61. The summed E-state index contributed by atoms with van der Waals surface area (Å²) in [5.74, 6) is -7.23. The standard InChI is InChI=1S/C22H20N2O10Se2/c25-17(26)9-13(21(31)32)23-19(29)11-5-1-3-7-15(11)35-36-16-8-4-2-6-12(16)20(30)24-14(22(33)34)10-18(27)28/h1-8,13-14H,9-10H2,(H,23,29)(H,24,30)(H,25,26)(H,27,28)(H,31,32)(H,33,34)/t13-,14-/m0/s1. The molecule has 14 heteroatoms. The summed E-state index contributed by atoms with van der Waals surface area (Å²) in [4.78, 5) is 69.8. The van der Waals surface area contributed by atoms with Gasteiger partial charge in [0, 0.05) is 0 Å². The summed E-state index contributed by atoms with van der Waals surface area (Å²) in [6.45, 7) is 0. The fraction of sp³-hybridized carbons (Fsp3) is 0.182. The number of aliphatic carboxylic acids is 4. The van der Waals surface area contributed by atoms with Gasteiger partial charge in [0.25, 0.3) is 0 Å². The molecular weight excluding hydrogens is 610 g/mol. The second-order valence-corrected chi connectivity index (χ2v) is 13.3. The van der Waals surface area contributed by atoms with Gasteiger partial charge in [0.2, 0.25) is 0 Å². The van der Waals surface area contributed by atoms with E-state index < -0.39 is 86.9 Å². The van der Waals surface area contributed by atoms with Gasteiger partial charge >= 0.3 is 215 Å². The molecule has 0 aliphatic rings. The molecule has 2 atom stereocenters. The van der Waals surface area contributed by atoms with Gasteiger partial charge < -0.3 is 0 Å². The average molecular weight is 630 g/mol. The minimum absolute atomic E-state index is 0.172. The van der Waals surface area contributed by atoms with Crippen LogP contribution < -0.4 is 19.6 Å². The molecule has 2 rings (SSSR count). The molecule has 0 aromatic heterocycles. The van der Waals surface area contributed by atoms with Crippen molar-refractivity contribution in [3.63, 3.8) is 0 Å². The Kier molecular flexibility index (Phi) is 10.6. The molecule has 6 N–H and O–H groups in total. The molecule has 0 unspecified atom stereocenters. The van der Waals surface area contributed by atoms with Crippen molar-refractivity contribution in [3.05, 3.63) is 59.7 Å². The third-order valence-electron chi connectivity index (χ3n) is 4.45. The molecule has 0 bridgehead atoms. The van der Waals surface area contributed by atoms with E-state index in [0.717, 1.165) is 0 Å². The van der Waals surface area contributed by atoms with Gasteiger partial charge in [-0.3, -0.25) is 0 Å². The Labute approximate surface area is 214 Å². The van der Waals surface area contributed by atoms with E-state index in [1.807, 2.05) is 0 Å². The van der Waals surface area contributed by atoms with Crippen LogP contribution in [0.2, 0.25) is 0 Å². The quantitative estimate of drug-likeness (QED) is 0.138. The number of nitrogens with one attached hydrogen (secondary N) is 2. The number of carboxylic acid groups (broad SMARTS) is 4. The van der Waals surface area contributed by atoms with Crippen LogP contribution in [0.5, 0.6) is 0 Å². The summed E-state index contributed by atoms with van der Waals surface area (Å²) in [6, 6.07) is 9.56. The van der Waals surface area contributed by atoms with Crippen molar-refractivity contribution in [3.8, 4) is 0 Å². The summed E-state index contributed by atoms with van der Waals surface area (Å²) < 4.78 is 1.18. The van der Waals surface area contributed by atoms with E-state index in [1.165, 1.54) is 12.1 Å². The second-order valence-electron chi connectivity index (χ2n) is 7.08. The molecular formula is C22H20N2O10Se2. The molecule has 2 aromatic carbocycles. The second kappa shape index (κ2) is 13.4. The van der Waals surface area contributed by atoms with E-state index in [9.17, 15) is 39.0 Å². The van der Waals surface area contributed by atoms with Crippen LogP contribution in [-0.2, 0) is 19.2 Å². The first-order valence-electron chi connectivity index (χ1n) is 10.0. The molecule has 0 radical (unpaired) electrons. The summed E-state index contributed by atoms with van der Waals surface area (Å²) in [5, 5.41) is 40.5. The molecule has 0 fully saturated rings. The molecule has 2 amide bonds. The third kappa shape index (κ3) is 8.51. The van der Waals surface area contributed by atoms with Crippen LogP contribution in [0.4, 0.5) is 0 Å². The number of hydrogen-bond donors (Lipinski definition) is 6. The summed E-state index contributed by atoms with van der Waals surface area (Å²) >= 11 is -0.786. The van der Waals surface area contributed by atoms with E-state index >= 15 is 0 Å². The maximum absolute atomic E-state index is 12.7. The Morgan fingerprint density at radius 1 is 0.611 bits per heavy atom. The molecule has 36 heavy (non-hydrogen) atoms. The van der Waals surface area contributed by atoms with Crippen molar-refractivity contribution in [2.24, 2.45) is 0 Å². The van der Waals surface area contributed by atoms with Crippen molar-refractivity contribution in [2.75, 3.05) is 0 Å². The number of carbonyl (C=O) groups is 6. The van der Waals surface area contributed by atoms with Crippen LogP contribution in [-0.4, -0.2) is 94.5 Å². The number of rotatable bonds is 13. The first-order chi connectivity index (χ1) is 17.0. The van der Waals surface area contributed by atoms with Gasteiger partial charge in [0.1, 0.15) is 0 Å². The summed E-state index contributed by atoms with van der Waals surface area (Å²) in [7, 11) is 0. The molecule has 0 heterocycles. The van der Waals surface area contributed by atoms with Gasteiger partial charge in [-0.05, 0) is 0 Å². The molecule has 190 valence electrons. The first kappa shape index (κ1) is 28.5. The predicted molar refractivity (Wildman–Crippen MR) is 126 cm³/mol. The van der Waals surface area contributed by atoms with E-state index in [4.69, 9.17) is 10.2 Å². The van der Waals surface area contributed by atoms with Crippen molar-refractivity contribution >= 4 is 70.9 Å². The Bertz CT molecular complexity index is 1100. The Morgan fingerprint density at radius 3 is 1.25 bits per heavy atom. The Morgan fingerprint density at radius 2 is 0.944 bits per heavy atom. The van der Waals surface area contributed by atoms with E-state index in [2.05, 4.69) is 10.6 Å². The van der Waals surface area contributed by atoms with Crippen molar-refractivity contribution < 1.29 is 49.2 Å². The van der Waals surface area contributed by atoms with Gasteiger partial charge in [0.15, 0.2) is 0 Å². The molecule has 0 saturated carbocycles. The molecule has 0 aliphatic carbocycles. The van der Waals surface area contributed by atoms with E-state index in [-0.39, 0.29) is 11.1 Å². The van der Waals surface area contributed by atoms with Gasteiger partial charge in [-0.15, -0.1) is 0 Å². The van der Waals surface area contributed by atoms with E-state index in [0.29, 0.717) is 8.92 Å². The molecule has 0 saturated heterocycles. The van der Waals surface area contributed by atoms with Crippen molar-refractivity contribution in [1.82, 2.24) is 10.6 Å². The van der Waals surface area contributed by atoms with Crippen LogP contribution in [0.1, 0.15) is 33.6 Å². The zero-order valence-corrected chi connectivity index (χ0v) is 21.7. The van der Waals surface area contributed by atoms with Crippen molar-refractivity contribution in [2.45, 2.75) is 24.9 Å².